The lowest BCUT2D eigenvalue weighted by molar-refractivity contribution is 0.0595. The maximum atomic E-state index is 5.58. The number of ether oxygens (including phenoxy) is 1. The van der Waals surface area contributed by atoms with Crippen LogP contribution >= 0.6 is 0 Å². The van der Waals surface area contributed by atoms with E-state index in [-0.39, 0.29) is 6.10 Å². The summed E-state index contributed by atoms with van der Waals surface area (Å²) in [4.78, 5) is 0. The van der Waals surface area contributed by atoms with Gasteiger partial charge in [-0.25, -0.2) is 0 Å². The second kappa shape index (κ2) is 3.86. The van der Waals surface area contributed by atoms with E-state index in [9.17, 15) is 0 Å². The Balaban J connectivity index is 2.51. The minimum atomic E-state index is 0.237. The number of rotatable bonds is 1. The van der Waals surface area contributed by atoms with Crippen LogP contribution in [0.4, 0.5) is 5.69 Å². The smallest absolute Gasteiger partial charge is 0.0883 e. The van der Waals surface area contributed by atoms with Crippen LogP contribution in [0.25, 0.3) is 0 Å². The highest BCUT2D eigenvalue weighted by atomic mass is 16.5. The maximum absolute atomic E-state index is 5.58. The third kappa shape index (κ3) is 1.63. The molecule has 0 spiro atoms. The molecule has 1 aromatic rings. The summed E-state index contributed by atoms with van der Waals surface area (Å²) in [5.41, 5.74) is 5.27. The molecule has 0 saturated carbocycles. The molecule has 1 aromatic carbocycles. The van der Waals surface area contributed by atoms with E-state index < -0.39 is 0 Å². The molecule has 0 saturated heterocycles. The average Bonchev–Trinajstić information content (AvgIpc) is 2.23. The van der Waals surface area contributed by atoms with E-state index in [1.807, 2.05) is 0 Å². The normalized spacial score (nSPS) is 24.5. The van der Waals surface area contributed by atoms with Gasteiger partial charge in [-0.3, -0.25) is 0 Å². The van der Waals surface area contributed by atoms with E-state index in [4.69, 9.17) is 4.74 Å². The zero-order valence-electron chi connectivity index (χ0n) is 9.92. The molecule has 1 heterocycles. The molecule has 1 aliphatic rings. The Bertz CT molecular complexity index is 373. The lowest BCUT2D eigenvalue weighted by atomic mass is 9.89. The summed E-state index contributed by atoms with van der Waals surface area (Å²) < 4.78 is 5.58. The van der Waals surface area contributed by atoms with Crippen LogP contribution in [0, 0.1) is 19.8 Å². The van der Waals surface area contributed by atoms with E-state index in [1.165, 1.54) is 22.4 Å². The Kier molecular flexibility index (Phi) is 2.70. The van der Waals surface area contributed by atoms with Gasteiger partial charge in [0.25, 0.3) is 0 Å². The molecule has 82 valence electrons. The second-order valence-electron chi connectivity index (χ2n) is 4.49. The monoisotopic (exact) mass is 205 g/mol. The van der Waals surface area contributed by atoms with Gasteiger partial charge in [-0.2, -0.15) is 0 Å². The number of methoxy groups -OCH3 is 1. The summed E-state index contributed by atoms with van der Waals surface area (Å²) in [6.07, 6.45) is 0.237. The molecule has 2 rings (SSSR count). The topological polar surface area (TPSA) is 21.3 Å². The quantitative estimate of drug-likeness (QED) is 0.760. The number of fused-ring (bicyclic) bond motifs is 1. The molecule has 0 aromatic heterocycles. The van der Waals surface area contributed by atoms with Gasteiger partial charge in [0.15, 0.2) is 0 Å². The highest BCUT2D eigenvalue weighted by molar-refractivity contribution is 5.62. The first-order valence-electron chi connectivity index (χ1n) is 5.52. The van der Waals surface area contributed by atoms with Crippen LogP contribution in [0.3, 0.4) is 0 Å². The van der Waals surface area contributed by atoms with E-state index in [0.717, 1.165) is 6.54 Å². The van der Waals surface area contributed by atoms with Gasteiger partial charge in [-0.15, -0.1) is 0 Å². The predicted molar refractivity (Wildman–Crippen MR) is 63.3 cm³/mol. The zero-order chi connectivity index (χ0) is 11.0. The molecule has 1 aliphatic heterocycles. The number of hydrogen-bond donors (Lipinski definition) is 1. The van der Waals surface area contributed by atoms with Crippen molar-refractivity contribution in [1.82, 2.24) is 0 Å². The minimum absolute atomic E-state index is 0.237. The van der Waals surface area contributed by atoms with E-state index in [2.05, 4.69) is 38.2 Å². The van der Waals surface area contributed by atoms with Crippen molar-refractivity contribution in [2.75, 3.05) is 19.0 Å². The Hall–Kier alpha value is -1.02. The van der Waals surface area contributed by atoms with Gasteiger partial charge < -0.3 is 10.1 Å². The predicted octanol–water partition coefficient (Wildman–Crippen LogP) is 3.05. The number of aryl methyl sites for hydroxylation is 1. The molecule has 1 N–H and O–H groups in total. The summed E-state index contributed by atoms with van der Waals surface area (Å²) in [6, 6.07) is 4.37. The number of hydrogen-bond acceptors (Lipinski definition) is 2. The van der Waals surface area contributed by atoms with E-state index in [1.54, 1.807) is 7.11 Å². The third-order valence-corrected chi connectivity index (χ3v) is 3.45. The van der Waals surface area contributed by atoms with Gasteiger partial charge in [-0.05, 0) is 25.0 Å². The van der Waals surface area contributed by atoms with Crippen LogP contribution < -0.4 is 5.32 Å². The highest BCUT2D eigenvalue weighted by Crippen LogP contribution is 2.38. The van der Waals surface area contributed by atoms with Crippen LogP contribution in [0.1, 0.15) is 29.7 Å². The van der Waals surface area contributed by atoms with Crippen molar-refractivity contribution in [3.63, 3.8) is 0 Å². The number of benzene rings is 1. The summed E-state index contributed by atoms with van der Waals surface area (Å²) in [5, 5.41) is 3.51. The molecule has 2 nitrogen and oxygen atoms in total. The standard InChI is InChI=1S/C13H19NO/c1-8-5-6-11-12(10(8)3)14-7-9(2)13(11)15-4/h5-6,9,13-14H,7H2,1-4H3. The van der Waals surface area contributed by atoms with Crippen molar-refractivity contribution in [1.29, 1.82) is 0 Å². The van der Waals surface area contributed by atoms with Gasteiger partial charge in [0.05, 0.1) is 6.10 Å². The first-order valence-corrected chi connectivity index (χ1v) is 5.52. The fourth-order valence-electron chi connectivity index (χ4n) is 2.34. The summed E-state index contributed by atoms with van der Waals surface area (Å²) in [5.74, 6) is 0.532. The van der Waals surface area contributed by atoms with Crippen molar-refractivity contribution in [3.8, 4) is 0 Å². The molecule has 0 amide bonds. The SMILES string of the molecule is COC1c2ccc(C)c(C)c2NCC1C. The van der Waals surface area contributed by atoms with Crippen molar-refractivity contribution in [2.24, 2.45) is 5.92 Å². The highest BCUT2D eigenvalue weighted by Gasteiger charge is 2.27. The Morgan fingerprint density at radius 1 is 1.33 bits per heavy atom. The van der Waals surface area contributed by atoms with Gasteiger partial charge >= 0.3 is 0 Å². The molecule has 0 fully saturated rings. The fraction of sp³-hybridized carbons (Fsp3) is 0.538. The van der Waals surface area contributed by atoms with Gasteiger partial charge in [0.1, 0.15) is 0 Å². The van der Waals surface area contributed by atoms with Crippen molar-refractivity contribution in [3.05, 3.63) is 28.8 Å². The van der Waals surface area contributed by atoms with Crippen molar-refractivity contribution >= 4 is 5.69 Å². The Morgan fingerprint density at radius 3 is 2.73 bits per heavy atom. The number of anilines is 1. The molecule has 0 bridgehead atoms. The fourth-order valence-corrected chi connectivity index (χ4v) is 2.34. The van der Waals surface area contributed by atoms with Crippen LogP contribution in [0.5, 0.6) is 0 Å². The second-order valence-corrected chi connectivity index (χ2v) is 4.49. The average molecular weight is 205 g/mol. The van der Waals surface area contributed by atoms with Crippen LogP contribution in [0.2, 0.25) is 0 Å². The Labute approximate surface area is 91.6 Å². The largest absolute Gasteiger partial charge is 0.384 e. The van der Waals surface area contributed by atoms with Crippen LogP contribution in [-0.2, 0) is 4.74 Å². The first kappa shape index (κ1) is 10.5. The molecule has 15 heavy (non-hydrogen) atoms. The van der Waals surface area contributed by atoms with E-state index >= 15 is 0 Å². The van der Waals surface area contributed by atoms with Crippen LogP contribution in [0.15, 0.2) is 12.1 Å². The van der Waals surface area contributed by atoms with E-state index in [0.29, 0.717) is 5.92 Å². The molecular weight excluding hydrogens is 186 g/mol. The van der Waals surface area contributed by atoms with Gasteiger partial charge in [-0.1, -0.05) is 19.1 Å². The van der Waals surface area contributed by atoms with Crippen LogP contribution in [-0.4, -0.2) is 13.7 Å². The molecule has 0 radical (unpaired) electrons. The molecule has 2 unspecified atom stereocenters. The minimum Gasteiger partial charge on any atom is -0.384 e. The zero-order valence-corrected chi connectivity index (χ0v) is 9.92. The Morgan fingerprint density at radius 2 is 2.07 bits per heavy atom. The van der Waals surface area contributed by atoms with Gasteiger partial charge in [0, 0.05) is 30.8 Å². The van der Waals surface area contributed by atoms with Crippen molar-refractivity contribution in [2.45, 2.75) is 26.9 Å². The first-order chi connectivity index (χ1) is 7.15. The molecule has 2 heteroatoms. The molecule has 0 aliphatic carbocycles. The summed E-state index contributed by atoms with van der Waals surface area (Å²) in [6.45, 7) is 7.54. The summed E-state index contributed by atoms with van der Waals surface area (Å²) >= 11 is 0. The number of nitrogens with one attached hydrogen (secondary N) is 1. The lowest BCUT2D eigenvalue weighted by Gasteiger charge is -2.32. The van der Waals surface area contributed by atoms with Crippen molar-refractivity contribution < 1.29 is 4.74 Å². The summed E-state index contributed by atoms with van der Waals surface area (Å²) in [7, 11) is 1.80. The maximum Gasteiger partial charge on any atom is 0.0883 e. The molecular formula is C13H19NO. The lowest BCUT2D eigenvalue weighted by Crippen LogP contribution is -2.27. The van der Waals surface area contributed by atoms with Gasteiger partial charge in [0.2, 0.25) is 0 Å². The third-order valence-electron chi connectivity index (χ3n) is 3.45. The molecule has 2 atom stereocenters.